The minimum atomic E-state index is -0.142. The molecule has 0 heterocycles. The Kier molecular flexibility index (Phi) is 4.72. The lowest BCUT2D eigenvalue weighted by Gasteiger charge is -2.20. The van der Waals surface area contributed by atoms with Crippen molar-refractivity contribution in [3.05, 3.63) is 35.9 Å². The second kappa shape index (κ2) is 5.83. The van der Waals surface area contributed by atoms with E-state index in [0.29, 0.717) is 12.2 Å². The van der Waals surface area contributed by atoms with Crippen LogP contribution in [0.15, 0.2) is 30.3 Å². The van der Waals surface area contributed by atoms with Crippen molar-refractivity contribution in [1.82, 2.24) is 0 Å². The molecule has 0 aliphatic carbocycles. The van der Waals surface area contributed by atoms with Crippen LogP contribution in [0.1, 0.15) is 45.6 Å². The van der Waals surface area contributed by atoms with Gasteiger partial charge in [0.1, 0.15) is 5.78 Å². The molecule has 0 aromatic heterocycles. The van der Waals surface area contributed by atoms with Gasteiger partial charge < -0.3 is 0 Å². The van der Waals surface area contributed by atoms with Crippen LogP contribution in [0.5, 0.6) is 0 Å². The molecule has 1 nitrogen and oxygen atoms in total. The van der Waals surface area contributed by atoms with Crippen LogP contribution >= 0.6 is 0 Å². The highest BCUT2D eigenvalue weighted by Gasteiger charge is 2.23. The fourth-order valence-electron chi connectivity index (χ4n) is 1.63. The molecule has 0 bridgehead atoms. The second-order valence-corrected chi connectivity index (χ2v) is 5.00. The number of aryl methyl sites for hydroxylation is 1. The van der Waals surface area contributed by atoms with E-state index in [1.165, 1.54) is 5.56 Å². The van der Waals surface area contributed by atoms with Gasteiger partial charge in [0.15, 0.2) is 0 Å². The number of ketones is 1. The topological polar surface area (TPSA) is 17.1 Å². The third kappa shape index (κ3) is 3.80. The summed E-state index contributed by atoms with van der Waals surface area (Å²) in [5.41, 5.74) is 1.18. The van der Waals surface area contributed by atoms with Gasteiger partial charge in [-0.05, 0) is 24.8 Å². The quantitative estimate of drug-likeness (QED) is 0.705. The first-order valence-corrected chi connectivity index (χ1v) is 6.13. The molecule has 0 atom stereocenters. The molecule has 0 fully saturated rings. The zero-order valence-electron chi connectivity index (χ0n) is 10.6. The molecule has 88 valence electrons. The standard InChI is InChI=1S/C15H22O/c1-4-15(2,3)14(16)12-8-11-13-9-6-5-7-10-13/h5-7,9-10H,4,8,11-12H2,1-3H3. The van der Waals surface area contributed by atoms with E-state index in [-0.39, 0.29) is 5.41 Å². The zero-order chi connectivity index (χ0) is 12.0. The Bertz CT molecular complexity index is 325. The van der Waals surface area contributed by atoms with Crippen molar-refractivity contribution < 1.29 is 4.79 Å². The van der Waals surface area contributed by atoms with Gasteiger partial charge in [-0.15, -0.1) is 0 Å². The SMILES string of the molecule is CCC(C)(C)C(=O)CCCc1ccccc1. The van der Waals surface area contributed by atoms with Gasteiger partial charge in [0.05, 0.1) is 0 Å². The lowest BCUT2D eigenvalue weighted by Crippen LogP contribution is -2.23. The number of benzene rings is 1. The fourth-order valence-corrected chi connectivity index (χ4v) is 1.63. The number of hydrogen-bond acceptors (Lipinski definition) is 1. The molecule has 0 saturated heterocycles. The number of rotatable bonds is 6. The van der Waals surface area contributed by atoms with E-state index in [0.717, 1.165) is 19.3 Å². The Morgan fingerprint density at radius 1 is 1.19 bits per heavy atom. The number of carbonyl (C=O) groups is 1. The summed E-state index contributed by atoms with van der Waals surface area (Å²) >= 11 is 0. The second-order valence-electron chi connectivity index (χ2n) is 5.00. The molecule has 1 heteroatoms. The van der Waals surface area contributed by atoms with Crippen LogP contribution in [0, 0.1) is 5.41 Å². The highest BCUT2D eigenvalue weighted by molar-refractivity contribution is 5.83. The molecule has 0 aliphatic rings. The Balaban J connectivity index is 2.34. The average Bonchev–Trinajstić information content (AvgIpc) is 2.30. The van der Waals surface area contributed by atoms with Gasteiger partial charge in [-0.3, -0.25) is 4.79 Å². The smallest absolute Gasteiger partial charge is 0.138 e. The van der Waals surface area contributed by atoms with E-state index >= 15 is 0 Å². The van der Waals surface area contributed by atoms with Gasteiger partial charge in [-0.2, -0.15) is 0 Å². The zero-order valence-corrected chi connectivity index (χ0v) is 10.6. The lowest BCUT2D eigenvalue weighted by molar-refractivity contribution is -0.127. The van der Waals surface area contributed by atoms with Crippen molar-refractivity contribution in [3.63, 3.8) is 0 Å². The van der Waals surface area contributed by atoms with Crippen LogP contribution < -0.4 is 0 Å². The van der Waals surface area contributed by atoms with Crippen molar-refractivity contribution in [3.8, 4) is 0 Å². The van der Waals surface area contributed by atoms with E-state index < -0.39 is 0 Å². The number of Topliss-reactive ketones (excluding diaryl/α,β-unsaturated/α-hetero) is 1. The highest BCUT2D eigenvalue weighted by atomic mass is 16.1. The Morgan fingerprint density at radius 2 is 1.81 bits per heavy atom. The predicted octanol–water partition coefficient (Wildman–Crippen LogP) is 4.01. The summed E-state index contributed by atoms with van der Waals surface area (Å²) in [6, 6.07) is 10.4. The largest absolute Gasteiger partial charge is 0.299 e. The van der Waals surface area contributed by atoms with Crippen molar-refractivity contribution in [2.24, 2.45) is 5.41 Å². The molecule has 0 aliphatic heterocycles. The lowest BCUT2D eigenvalue weighted by atomic mass is 9.83. The molecule has 0 radical (unpaired) electrons. The summed E-state index contributed by atoms with van der Waals surface area (Å²) in [4.78, 5) is 11.9. The van der Waals surface area contributed by atoms with Crippen LogP contribution in [-0.2, 0) is 11.2 Å². The fraction of sp³-hybridized carbons (Fsp3) is 0.533. The molecule has 1 aromatic carbocycles. The molecule has 1 aromatic rings. The molecular weight excluding hydrogens is 196 g/mol. The maximum Gasteiger partial charge on any atom is 0.138 e. The molecule has 0 saturated carbocycles. The van der Waals surface area contributed by atoms with Gasteiger partial charge in [0.2, 0.25) is 0 Å². The normalized spacial score (nSPS) is 11.4. The molecule has 0 unspecified atom stereocenters. The van der Waals surface area contributed by atoms with E-state index in [2.05, 4.69) is 19.1 Å². The first-order valence-electron chi connectivity index (χ1n) is 6.13. The van der Waals surface area contributed by atoms with Gasteiger partial charge >= 0.3 is 0 Å². The van der Waals surface area contributed by atoms with Crippen molar-refractivity contribution >= 4 is 5.78 Å². The van der Waals surface area contributed by atoms with Crippen LogP contribution in [0.2, 0.25) is 0 Å². The summed E-state index contributed by atoms with van der Waals surface area (Å²) in [5.74, 6) is 0.394. The number of hydrogen-bond donors (Lipinski definition) is 0. The molecule has 1 rings (SSSR count). The molecule has 0 N–H and O–H groups in total. The minimum Gasteiger partial charge on any atom is -0.299 e. The summed E-state index contributed by atoms with van der Waals surface area (Å²) in [6.07, 6.45) is 3.60. The Hall–Kier alpha value is -1.11. The molecule has 0 amide bonds. The number of carbonyl (C=O) groups excluding carboxylic acids is 1. The third-order valence-electron chi connectivity index (χ3n) is 3.35. The van der Waals surface area contributed by atoms with Crippen LogP contribution in [0.25, 0.3) is 0 Å². The van der Waals surface area contributed by atoms with Gasteiger partial charge in [0, 0.05) is 11.8 Å². The molecule has 0 spiro atoms. The Morgan fingerprint density at radius 3 is 2.38 bits per heavy atom. The van der Waals surface area contributed by atoms with E-state index in [1.807, 2.05) is 32.0 Å². The van der Waals surface area contributed by atoms with Crippen molar-refractivity contribution in [2.45, 2.75) is 46.5 Å². The summed E-state index contributed by atoms with van der Waals surface area (Å²) in [5, 5.41) is 0. The van der Waals surface area contributed by atoms with Gasteiger partial charge in [0.25, 0.3) is 0 Å². The van der Waals surface area contributed by atoms with E-state index in [1.54, 1.807) is 0 Å². The minimum absolute atomic E-state index is 0.142. The van der Waals surface area contributed by atoms with Gasteiger partial charge in [-0.1, -0.05) is 51.1 Å². The van der Waals surface area contributed by atoms with Crippen LogP contribution in [0.3, 0.4) is 0 Å². The Labute approximate surface area is 98.9 Å². The van der Waals surface area contributed by atoms with Crippen molar-refractivity contribution in [2.75, 3.05) is 0 Å². The monoisotopic (exact) mass is 218 g/mol. The summed E-state index contributed by atoms with van der Waals surface area (Å²) in [7, 11) is 0. The first-order chi connectivity index (χ1) is 7.56. The molecular formula is C15H22O. The first kappa shape index (κ1) is 13.0. The predicted molar refractivity (Wildman–Crippen MR) is 68.5 cm³/mol. The maximum atomic E-state index is 11.9. The van der Waals surface area contributed by atoms with E-state index in [9.17, 15) is 4.79 Å². The average molecular weight is 218 g/mol. The third-order valence-corrected chi connectivity index (χ3v) is 3.35. The van der Waals surface area contributed by atoms with Crippen LogP contribution in [0.4, 0.5) is 0 Å². The highest BCUT2D eigenvalue weighted by Crippen LogP contribution is 2.23. The maximum absolute atomic E-state index is 11.9. The molecule has 16 heavy (non-hydrogen) atoms. The summed E-state index contributed by atoms with van der Waals surface area (Å²) < 4.78 is 0. The van der Waals surface area contributed by atoms with Crippen LogP contribution in [-0.4, -0.2) is 5.78 Å². The van der Waals surface area contributed by atoms with Gasteiger partial charge in [-0.25, -0.2) is 0 Å². The summed E-state index contributed by atoms with van der Waals surface area (Å²) in [6.45, 7) is 6.16. The van der Waals surface area contributed by atoms with Crippen molar-refractivity contribution in [1.29, 1.82) is 0 Å². The van der Waals surface area contributed by atoms with E-state index in [4.69, 9.17) is 0 Å².